The lowest BCUT2D eigenvalue weighted by molar-refractivity contribution is -0.148. The Morgan fingerprint density at radius 3 is 2.36 bits per heavy atom. The van der Waals surface area contributed by atoms with E-state index < -0.39 is 17.3 Å². The molecule has 3 aromatic rings. The first kappa shape index (κ1) is 22.2. The molecule has 0 spiro atoms. The number of hydrogen-bond donors (Lipinski definition) is 2. The number of carbonyl (C=O) groups is 3. The maximum absolute atomic E-state index is 12.8. The number of fused-ring (bicyclic) bond motifs is 2. The number of esters is 1. The maximum Gasteiger partial charge on any atom is 0.316 e. The van der Waals surface area contributed by atoms with Crippen molar-refractivity contribution in [3.63, 3.8) is 0 Å². The summed E-state index contributed by atoms with van der Waals surface area (Å²) < 4.78 is 5.37. The molecule has 0 aromatic heterocycles. The smallest absolute Gasteiger partial charge is 0.316 e. The summed E-state index contributed by atoms with van der Waals surface area (Å²) in [4.78, 5) is 37.7. The number of hydroxylamine groups is 1. The van der Waals surface area contributed by atoms with Gasteiger partial charge in [0.05, 0.1) is 16.7 Å². The average Bonchev–Trinajstić information content (AvgIpc) is 3.02. The van der Waals surface area contributed by atoms with Crippen molar-refractivity contribution >= 4 is 45.5 Å². The minimum Gasteiger partial charge on any atom is -0.430 e. The molecule has 0 saturated carbocycles. The highest BCUT2D eigenvalue weighted by atomic mass is 16.5. The molecule has 1 aliphatic rings. The first-order chi connectivity index (χ1) is 15.6. The van der Waals surface area contributed by atoms with Gasteiger partial charge in [-0.2, -0.15) is 5.06 Å². The van der Waals surface area contributed by atoms with Crippen LogP contribution in [0.15, 0.2) is 66.4 Å². The van der Waals surface area contributed by atoms with E-state index in [9.17, 15) is 19.6 Å². The zero-order chi connectivity index (χ0) is 23.9. The highest BCUT2D eigenvalue weighted by Crippen LogP contribution is 2.39. The molecule has 33 heavy (non-hydrogen) atoms. The van der Waals surface area contributed by atoms with Crippen molar-refractivity contribution < 1.29 is 24.3 Å². The fraction of sp³-hybridized carbons (Fsp3) is 0.192. The van der Waals surface area contributed by atoms with Crippen LogP contribution in [0.5, 0.6) is 0 Å². The topological polar surface area (TPSA) is 95.9 Å². The fourth-order valence-corrected chi connectivity index (χ4v) is 3.54. The van der Waals surface area contributed by atoms with Crippen molar-refractivity contribution in [1.82, 2.24) is 0 Å². The molecular weight excluding hydrogens is 420 g/mol. The van der Waals surface area contributed by atoms with E-state index in [0.717, 1.165) is 10.8 Å². The molecule has 2 N–H and O–H groups in total. The summed E-state index contributed by atoms with van der Waals surface area (Å²) in [6, 6.07) is 17.9. The van der Waals surface area contributed by atoms with E-state index in [1.807, 2.05) is 30.3 Å². The minimum atomic E-state index is -0.748. The predicted molar refractivity (Wildman–Crippen MR) is 126 cm³/mol. The van der Waals surface area contributed by atoms with Gasteiger partial charge in [0.25, 0.3) is 11.8 Å². The Balaban J connectivity index is 1.61. The van der Waals surface area contributed by atoms with E-state index in [-0.39, 0.29) is 22.9 Å². The van der Waals surface area contributed by atoms with Gasteiger partial charge in [0, 0.05) is 16.8 Å². The van der Waals surface area contributed by atoms with Gasteiger partial charge >= 0.3 is 5.97 Å². The lowest BCUT2D eigenvalue weighted by atomic mass is 9.97. The molecule has 0 atom stereocenters. The van der Waals surface area contributed by atoms with Crippen LogP contribution < -0.4 is 10.4 Å². The Bertz CT molecular complexity index is 1330. The Morgan fingerprint density at radius 2 is 1.67 bits per heavy atom. The summed E-state index contributed by atoms with van der Waals surface area (Å²) in [6.45, 7) is 6.64. The molecule has 3 aromatic carbocycles. The van der Waals surface area contributed by atoms with Gasteiger partial charge in [-0.25, -0.2) is 0 Å². The Kier molecular flexibility index (Phi) is 5.51. The largest absolute Gasteiger partial charge is 0.430 e. The predicted octanol–water partition coefficient (Wildman–Crippen LogP) is 5.15. The number of ether oxygens (including phenoxy) is 1. The third kappa shape index (κ3) is 4.23. The number of amides is 2. The third-order valence-corrected chi connectivity index (χ3v) is 5.38. The van der Waals surface area contributed by atoms with Gasteiger partial charge in [-0.05, 0) is 68.8 Å². The van der Waals surface area contributed by atoms with Gasteiger partial charge in [0.1, 0.15) is 5.76 Å². The van der Waals surface area contributed by atoms with E-state index in [4.69, 9.17) is 4.74 Å². The van der Waals surface area contributed by atoms with Crippen LogP contribution in [0, 0.1) is 5.41 Å². The monoisotopic (exact) mass is 444 g/mol. The van der Waals surface area contributed by atoms with E-state index in [1.165, 1.54) is 13.0 Å². The normalized spacial score (nSPS) is 14.8. The molecule has 168 valence electrons. The molecule has 0 aliphatic carbocycles. The summed E-state index contributed by atoms with van der Waals surface area (Å²) in [5.74, 6) is -1.41. The average molecular weight is 444 g/mol. The quantitative estimate of drug-likeness (QED) is 0.252. The molecule has 4 rings (SSSR count). The number of benzene rings is 3. The number of allylic oxidation sites excluding steroid dienone is 1. The highest BCUT2D eigenvalue weighted by Gasteiger charge is 2.36. The van der Waals surface area contributed by atoms with E-state index in [0.29, 0.717) is 21.9 Å². The molecule has 7 heteroatoms. The van der Waals surface area contributed by atoms with E-state index >= 15 is 0 Å². The van der Waals surface area contributed by atoms with Gasteiger partial charge in [-0.15, -0.1) is 0 Å². The third-order valence-electron chi connectivity index (χ3n) is 5.38. The van der Waals surface area contributed by atoms with Gasteiger partial charge in [0.2, 0.25) is 0 Å². The van der Waals surface area contributed by atoms with Crippen LogP contribution in [0.1, 0.15) is 43.6 Å². The lowest BCUT2D eigenvalue weighted by Crippen LogP contribution is -2.24. The van der Waals surface area contributed by atoms with Crippen LogP contribution in [0.25, 0.3) is 16.3 Å². The van der Waals surface area contributed by atoms with Crippen molar-refractivity contribution in [3.05, 3.63) is 77.5 Å². The van der Waals surface area contributed by atoms with Gasteiger partial charge in [-0.1, -0.05) is 30.3 Å². The number of rotatable bonds is 3. The molecular formula is C26H24N2O5. The summed E-state index contributed by atoms with van der Waals surface area (Å²) in [5, 5.41) is 15.6. The second-order valence-electron chi connectivity index (χ2n) is 8.94. The lowest BCUT2D eigenvalue weighted by Gasteiger charge is -2.17. The standard InChI is InChI=1S/C26H24N2O5/c1-15(33-25(31)26(2,3)4)22-20-12-11-19(14-21(20)28(32)24(22)30)27-23(29)18-10-9-16-7-5-6-8-17(16)13-18/h5-14,32H,1-4H3,(H,27,29)/b22-15-. The van der Waals surface area contributed by atoms with Crippen LogP contribution in [0.3, 0.4) is 0 Å². The summed E-state index contributed by atoms with van der Waals surface area (Å²) in [6.07, 6.45) is 0. The Labute approximate surface area is 191 Å². The van der Waals surface area contributed by atoms with Gasteiger partial charge < -0.3 is 10.1 Å². The van der Waals surface area contributed by atoms with Crippen LogP contribution >= 0.6 is 0 Å². The SMILES string of the molecule is C/C(OC(=O)C(C)(C)C)=C1/C(=O)N(O)c2cc(NC(=O)c3ccc4ccccc4c3)ccc21. The fourth-order valence-electron chi connectivity index (χ4n) is 3.54. The number of hydrogen-bond acceptors (Lipinski definition) is 5. The zero-order valence-electron chi connectivity index (χ0n) is 18.8. The van der Waals surface area contributed by atoms with Gasteiger partial charge in [0.15, 0.2) is 0 Å². The molecule has 1 aliphatic heterocycles. The van der Waals surface area contributed by atoms with Crippen molar-refractivity contribution in [1.29, 1.82) is 0 Å². The first-order valence-corrected chi connectivity index (χ1v) is 10.5. The van der Waals surface area contributed by atoms with Crippen LogP contribution in [-0.2, 0) is 14.3 Å². The highest BCUT2D eigenvalue weighted by molar-refractivity contribution is 6.32. The summed E-state index contributed by atoms with van der Waals surface area (Å²) >= 11 is 0. The maximum atomic E-state index is 12.8. The van der Waals surface area contributed by atoms with Crippen LogP contribution in [0.4, 0.5) is 11.4 Å². The van der Waals surface area contributed by atoms with Crippen molar-refractivity contribution in [2.75, 3.05) is 10.4 Å². The molecule has 0 radical (unpaired) electrons. The summed E-state index contributed by atoms with van der Waals surface area (Å²) in [7, 11) is 0. The van der Waals surface area contributed by atoms with Crippen LogP contribution in [0.2, 0.25) is 0 Å². The zero-order valence-corrected chi connectivity index (χ0v) is 18.8. The molecule has 0 unspecified atom stereocenters. The number of nitrogens with zero attached hydrogens (tertiary/aromatic N) is 1. The molecule has 2 amide bonds. The molecule has 7 nitrogen and oxygen atoms in total. The number of nitrogens with one attached hydrogen (secondary N) is 1. The number of carbonyl (C=O) groups excluding carboxylic acids is 3. The van der Waals surface area contributed by atoms with Crippen molar-refractivity contribution in [3.8, 4) is 0 Å². The molecule has 0 bridgehead atoms. The molecule has 0 saturated heterocycles. The van der Waals surface area contributed by atoms with Crippen LogP contribution in [-0.4, -0.2) is 23.0 Å². The van der Waals surface area contributed by atoms with E-state index in [2.05, 4.69) is 5.32 Å². The molecule has 1 heterocycles. The minimum absolute atomic E-state index is 0.0949. The second-order valence-corrected chi connectivity index (χ2v) is 8.94. The van der Waals surface area contributed by atoms with E-state index in [1.54, 1.807) is 45.0 Å². The summed E-state index contributed by atoms with van der Waals surface area (Å²) in [5.41, 5.74) is 0.837. The van der Waals surface area contributed by atoms with Crippen molar-refractivity contribution in [2.45, 2.75) is 27.7 Å². The van der Waals surface area contributed by atoms with Gasteiger partial charge in [-0.3, -0.25) is 19.6 Å². The Hall–Kier alpha value is -3.97. The molecule has 0 fully saturated rings. The van der Waals surface area contributed by atoms with Crippen molar-refractivity contribution in [2.24, 2.45) is 5.41 Å². The second kappa shape index (κ2) is 8.18. The number of anilines is 2. The first-order valence-electron chi connectivity index (χ1n) is 10.5. The Morgan fingerprint density at radius 1 is 0.970 bits per heavy atom.